The van der Waals surface area contributed by atoms with Gasteiger partial charge in [-0.1, -0.05) is 6.07 Å². The number of benzene rings is 1. The van der Waals surface area contributed by atoms with E-state index in [-0.39, 0.29) is 11.7 Å². The predicted molar refractivity (Wildman–Crippen MR) is 77.6 cm³/mol. The number of nitrogens with one attached hydrogen (secondary N) is 2. The highest BCUT2D eigenvalue weighted by molar-refractivity contribution is 5.93. The largest absolute Gasteiger partial charge is 0.302 e. The molecule has 4 aliphatic rings. The number of carbonyl (C=O) groups is 1. The summed E-state index contributed by atoms with van der Waals surface area (Å²) >= 11 is 0. The molecule has 3 nitrogen and oxygen atoms in total. The van der Waals surface area contributed by atoms with Gasteiger partial charge in [0.05, 0.1) is 0 Å². The van der Waals surface area contributed by atoms with Gasteiger partial charge in [-0.05, 0) is 67.7 Å². The third-order valence-corrected chi connectivity index (χ3v) is 5.16. The molecule has 21 heavy (non-hydrogen) atoms. The molecule has 0 aliphatic heterocycles. The van der Waals surface area contributed by atoms with E-state index in [1.807, 2.05) is 0 Å². The number of amides is 1. The van der Waals surface area contributed by atoms with E-state index in [9.17, 15) is 9.18 Å². The first-order valence-corrected chi connectivity index (χ1v) is 7.73. The van der Waals surface area contributed by atoms with E-state index in [1.54, 1.807) is 12.1 Å². The Morgan fingerprint density at radius 3 is 2.57 bits per heavy atom. The number of allylic oxidation sites excluding steroid dienone is 2. The molecular formula is C17H19FN2O. The van der Waals surface area contributed by atoms with Gasteiger partial charge in [-0.15, -0.1) is 0 Å². The molecule has 2 N–H and O–H groups in total. The van der Waals surface area contributed by atoms with Crippen LogP contribution in [0.2, 0.25) is 0 Å². The Balaban J connectivity index is 1.46. The third-order valence-electron chi connectivity index (χ3n) is 5.16. The summed E-state index contributed by atoms with van der Waals surface area (Å²) in [5, 5.41) is 0. The minimum Gasteiger partial charge on any atom is -0.302 e. The molecule has 2 fully saturated rings. The van der Waals surface area contributed by atoms with Gasteiger partial charge in [-0.2, -0.15) is 0 Å². The van der Waals surface area contributed by atoms with Crippen molar-refractivity contribution in [3.05, 3.63) is 46.9 Å². The van der Waals surface area contributed by atoms with Gasteiger partial charge in [-0.3, -0.25) is 10.2 Å². The van der Waals surface area contributed by atoms with Crippen molar-refractivity contribution in [2.45, 2.75) is 32.1 Å². The molecule has 4 aliphatic carbocycles. The van der Waals surface area contributed by atoms with Crippen LogP contribution in [0.3, 0.4) is 0 Å². The number of rotatable bonds is 3. The van der Waals surface area contributed by atoms with Crippen LogP contribution in [0.4, 0.5) is 4.39 Å². The van der Waals surface area contributed by atoms with Crippen molar-refractivity contribution >= 4 is 5.91 Å². The monoisotopic (exact) mass is 286 g/mol. The van der Waals surface area contributed by atoms with Gasteiger partial charge in [0.2, 0.25) is 0 Å². The molecule has 2 atom stereocenters. The first-order valence-electron chi connectivity index (χ1n) is 7.73. The quantitative estimate of drug-likeness (QED) is 0.838. The molecule has 4 bridgehead atoms. The zero-order chi connectivity index (χ0) is 14.4. The number of hydrazine groups is 1. The fourth-order valence-corrected chi connectivity index (χ4v) is 4.44. The summed E-state index contributed by atoms with van der Waals surface area (Å²) in [6.07, 6.45) is 6.26. The lowest BCUT2D eigenvalue weighted by Gasteiger charge is -2.47. The van der Waals surface area contributed by atoms with Crippen LogP contribution in [0.5, 0.6) is 0 Å². The summed E-state index contributed by atoms with van der Waals surface area (Å²) in [6, 6.07) is 5.77. The summed E-state index contributed by atoms with van der Waals surface area (Å²) in [4.78, 5) is 12.1. The second kappa shape index (κ2) is 4.86. The predicted octanol–water partition coefficient (Wildman–Crippen LogP) is 3.15. The molecular weight excluding hydrogens is 267 g/mol. The van der Waals surface area contributed by atoms with Crippen LogP contribution in [0.1, 0.15) is 42.5 Å². The average molecular weight is 286 g/mol. The molecule has 0 spiro atoms. The van der Waals surface area contributed by atoms with Gasteiger partial charge in [0.1, 0.15) is 5.82 Å². The van der Waals surface area contributed by atoms with Gasteiger partial charge < -0.3 is 5.43 Å². The smallest absolute Gasteiger partial charge is 0.269 e. The van der Waals surface area contributed by atoms with E-state index in [4.69, 9.17) is 0 Å². The van der Waals surface area contributed by atoms with E-state index in [1.165, 1.54) is 55.5 Å². The molecule has 0 aromatic heterocycles. The molecule has 0 saturated heterocycles. The normalized spacial score (nSPS) is 29.7. The lowest BCUT2D eigenvalue weighted by atomic mass is 9.60. The fraction of sp³-hybridized carbons (Fsp3) is 0.471. The highest BCUT2D eigenvalue weighted by Gasteiger charge is 2.41. The van der Waals surface area contributed by atoms with Gasteiger partial charge >= 0.3 is 0 Å². The highest BCUT2D eigenvalue weighted by Crippen LogP contribution is 2.52. The van der Waals surface area contributed by atoms with E-state index >= 15 is 0 Å². The Morgan fingerprint density at radius 2 is 1.90 bits per heavy atom. The van der Waals surface area contributed by atoms with Crippen LogP contribution >= 0.6 is 0 Å². The van der Waals surface area contributed by atoms with Gasteiger partial charge in [0.25, 0.3) is 5.91 Å². The Kier molecular flexibility index (Phi) is 2.98. The Bertz CT molecular complexity index is 609. The zero-order valence-corrected chi connectivity index (χ0v) is 11.9. The molecule has 1 aromatic carbocycles. The van der Waals surface area contributed by atoms with Crippen LogP contribution < -0.4 is 10.9 Å². The number of hydrogen-bond donors (Lipinski definition) is 2. The number of carbonyl (C=O) groups excluding carboxylic acids is 1. The maximum Gasteiger partial charge on any atom is 0.269 e. The number of halogens is 1. The second-order valence-electron chi connectivity index (χ2n) is 6.65. The van der Waals surface area contributed by atoms with Crippen molar-refractivity contribution in [2.24, 2.45) is 17.8 Å². The van der Waals surface area contributed by atoms with Crippen molar-refractivity contribution in [3.8, 4) is 0 Å². The molecule has 110 valence electrons. The van der Waals surface area contributed by atoms with Crippen molar-refractivity contribution in [1.82, 2.24) is 10.9 Å². The maximum atomic E-state index is 13.1. The van der Waals surface area contributed by atoms with Crippen LogP contribution in [-0.2, 0) is 0 Å². The Labute approximate surface area is 123 Å². The van der Waals surface area contributed by atoms with Crippen molar-refractivity contribution in [3.63, 3.8) is 0 Å². The fourth-order valence-electron chi connectivity index (χ4n) is 4.44. The van der Waals surface area contributed by atoms with Crippen molar-refractivity contribution in [2.75, 3.05) is 0 Å². The molecule has 2 unspecified atom stereocenters. The molecule has 0 heterocycles. The first-order chi connectivity index (χ1) is 10.2. The van der Waals surface area contributed by atoms with Gasteiger partial charge in [-0.25, -0.2) is 4.39 Å². The van der Waals surface area contributed by atoms with Gasteiger partial charge in [0, 0.05) is 17.2 Å². The Hall–Kier alpha value is -1.84. The summed E-state index contributed by atoms with van der Waals surface area (Å²) < 4.78 is 13.1. The van der Waals surface area contributed by atoms with E-state index in [0.29, 0.717) is 11.5 Å². The van der Waals surface area contributed by atoms with Crippen molar-refractivity contribution < 1.29 is 9.18 Å². The second-order valence-corrected chi connectivity index (χ2v) is 6.65. The lowest BCUT2D eigenvalue weighted by molar-refractivity contribution is 0.0924. The molecule has 1 amide bonds. The molecule has 1 aromatic rings. The molecule has 0 radical (unpaired) electrons. The van der Waals surface area contributed by atoms with Crippen LogP contribution in [0.25, 0.3) is 0 Å². The maximum absolute atomic E-state index is 13.1. The summed E-state index contributed by atoms with van der Waals surface area (Å²) in [5.41, 5.74) is 8.95. The topological polar surface area (TPSA) is 41.1 Å². The summed E-state index contributed by atoms with van der Waals surface area (Å²) in [6.45, 7) is 0. The minimum atomic E-state index is -0.390. The van der Waals surface area contributed by atoms with Crippen molar-refractivity contribution in [1.29, 1.82) is 0 Å². The van der Waals surface area contributed by atoms with Crippen LogP contribution in [0.15, 0.2) is 35.5 Å². The number of hydrogen-bond acceptors (Lipinski definition) is 2. The lowest BCUT2D eigenvalue weighted by Crippen LogP contribution is -2.45. The van der Waals surface area contributed by atoms with E-state index in [2.05, 4.69) is 10.9 Å². The minimum absolute atomic E-state index is 0.281. The standard InChI is InChI=1S/C17H19FN2O/c18-15-3-1-2-12(9-15)17(21)20-19-16-13-5-10-4-11(7-13)8-14(16)6-10/h1-3,9-11,13,19H,4-8H2,(H,20,21). The zero-order valence-electron chi connectivity index (χ0n) is 11.9. The first kappa shape index (κ1) is 12.9. The van der Waals surface area contributed by atoms with Crippen LogP contribution in [0, 0.1) is 23.6 Å². The SMILES string of the molecule is O=C(NNC1=C2CC3CC(C2)CC1C3)c1cccc(F)c1. The third kappa shape index (κ3) is 2.33. The average Bonchev–Trinajstić information content (AvgIpc) is 2.45. The van der Waals surface area contributed by atoms with Gasteiger partial charge in [0.15, 0.2) is 0 Å². The van der Waals surface area contributed by atoms with Crippen LogP contribution in [-0.4, -0.2) is 5.91 Å². The molecule has 4 heteroatoms. The summed E-state index contributed by atoms with van der Waals surface area (Å²) in [7, 11) is 0. The Morgan fingerprint density at radius 1 is 1.14 bits per heavy atom. The van der Waals surface area contributed by atoms with E-state index < -0.39 is 0 Å². The summed E-state index contributed by atoms with van der Waals surface area (Å²) in [5.74, 6) is 1.64. The highest BCUT2D eigenvalue weighted by atomic mass is 19.1. The molecule has 2 saturated carbocycles. The molecule has 5 rings (SSSR count). The van der Waals surface area contributed by atoms with E-state index in [0.717, 1.165) is 11.8 Å².